The van der Waals surface area contributed by atoms with Gasteiger partial charge in [-0.3, -0.25) is 4.79 Å². The Balaban J connectivity index is 2.00. The molecule has 2 nitrogen and oxygen atoms in total. The molecular weight excluding hydrogens is 176 g/mol. The molecule has 1 aromatic rings. The van der Waals surface area contributed by atoms with Gasteiger partial charge in [-0.05, 0) is 37.3 Å². The van der Waals surface area contributed by atoms with Crippen LogP contribution in [-0.4, -0.2) is 5.78 Å². The van der Waals surface area contributed by atoms with Crippen molar-refractivity contribution >= 4 is 5.78 Å². The molecule has 1 aliphatic rings. The summed E-state index contributed by atoms with van der Waals surface area (Å²) in [6.45, 7) is 2.20. The summed E-state index contributed by atoms with van der Waals surface area (Å²) in [4.78, 5) is 11.9. The molecule has 1 aliphatic carbocycles. The quantitative estimate of drug-likeness (QED) is 0.688. The highest BCUT2D eigenvalue weighted by molar-refractivity contribution is 5.95. The van der Waals surface area contributed by atoms with Gasteiger partial charge in [0.2, 0.25) is 5.78 Å². The highest BCUT2D eigenvalue weighted by atomic mass is 16.3. The van der Waals surface area contributed by atoms with Crippen molar-refractivity contribution < 1.29 is 9.21 Å². The first kappa shape index (κ1) is 9.50. The summed E-state index contributed by atoms with van der Waals surface area (Å²) < 4.78 is 5.13. The summed E-state index contributed by atoms with van der Waals surface area (Å²) in [5, 5.41) is 0. The van der Waals surface area contributed by atoms with Crippen molar-refractivity contribution in [1.82, 2.24) is 0 Å². The topological polar surface area (TPSA) is 30.2 Å². The minimum Gasteiger partial charge on any atom is -0.461 e. The molecule has 2 rings (SSSR count). The van der Waals surface area contributed by atoms with E-state index in [4.69, 9.17) is 4.42 Å². The highest BCUT2D eigenvalue weighted by Gasteiger charge is 2.30. The van der Waals surface area contributed by atoms with Crippen molar-refractivity contribution in [3.8, 4) is 0 Å². The summed E-state index contributed by atoms with van der Waals surface area (Å²) in [6.07, 6.45) is 6.06. The smallest absolute Gasteiger partial charge is 0.201 e. The van der Waals surface area contributed by atoms with E-state index < -0.39 is 0 Å². The predicted molar refractivity (Wildman–Crippen MR) is 54.2 cm³/mol. The molecule has 0 aromatic carbocycles. The Morgan fingerprint density at radius 2 is 2.43 bits per heavy atom. The van der Waals surface area contributed by atoms with Gasteiger partial charge >= 0.3 is 0 Å². The van der Waals surface area contributed by atoms with E-state index >= 15 is 0 Å². The summed E-state index contributed by atoms with van der Waals surface area (Å²) in [5.41, 5.74) is 0. The number of rotatable bonds is 3. The second-order valence-electron chi connectivity index (χ2n) is 4.13. The van der Waals surface area contributed by atoms with Gasteiger partial charge in [-0.1, -0.05) is 13.3 Å². The zero-order chi connectivity index (χ0) is 9.97. The second-order valence-corrected chi connectivity index (χ2v) is 4.13. The number of carbonyl (C=O) groups excluding carboxylic acids is 1. The zero-order valence-corrected chi connectivity index (χ0v) is 8.53. The molecule has 0 radical (unpaired) electrons. The Morgan fingerprint density at radius 3 is 3.00 bits per heavy atom. The van der Waals surface area contributed by atoms with Crippen LogP contribution in [0.2, 0.25) is 0 Å². The first-order valence-corrected chi connectivity index (χ1v) is 5.39. The maximum Gasteiger partial charge on any atom is 0.201 e. The number of furan rings is 1. The number of Topliss-reactive ketones (excluding diaryl/α,β-unsaturated/α-hetero) is 1. The van der Waals surface area contributed by atoms with Crippen LogP contribution in [-0.2, 0) is 0 Å². The number of carbonyl (C=O) groups is 1. The van der Waals surface area contributed by atoms with Crippen LogP contribution in [0.25, 0.3) is 0 Å². The molecule has 2 unspecified atom stereocenters. The van der Waals surface area contributed by atoms with Gasteiger partial charge in [-0.25, -0.2) is 0 Å². The molecule has 0 saturated heterocycles. The number of hydrogen-bond acceptors (Lipinski definition) is 2. The molecule has 2 atom stereocenters. The van der Waals surface area contributed by atoms with Crippen molar-refractivity contribution in [2.45, 2.75) is 32.6 Å². The van der Waals surface area contributed by atoms with Crippen molar-refractivity contribution in [1.29, 1.82) is 0 Å². The average Bonchev–Trinajstić information content (AvgIpc) is 2.88. The van der Waals surface area contributed by atoms with E-state index in [1.165, 1.54) is 12.8 Å². The summed E-state index contributed by atoms with van der Waals surface area (Å²) in [7, 11) is 0. The second kappa shape index (κ2) is 3.99. The molecule has 1 aromatic heterocycles. The molecule has 0 amide bonds. The summed E-state index contributed by atoms with van der Waals surface area (Å²) in [6, 6.07) is 3.54. The van der Waals surface area contributed by atoms with E-state index in [-0.39, 0.29) is 11.7 Å². The van der Waals surface area contributed by atoms with E-state index in [0.717, 1.165) is 18.8 Å². The van der Waals surface area contributed by atoms with Gasteiger partial charge in [0.15, 0.2) is 5.76 Å². The Morgan fingerprint density at radius 1 is 1.57 bits per heavy atom. The molecule has 0 spiro atoms. The van der Waals surface area contributed by atoms with Gasteiger partial charge in [0.1, 0.15) is 0 Å². The Kier molecular flexibility index (Phi) is 2.71. The van der Waals surface area contributed by atoms with Crippen molar-refractivity contribution in [2.24, 2.45) is 11.8 Å². The molecule has 0 bridgehead atoms. The first-order valence-electron chi connectivity index (χ1n) is 5.39. The first-order chi connectivity index (χ1) is 6.81. The van der Waals surface area contributed by atoms with E-state index in [1.54, 1.807) is 18.4 Å². The minimum atomic E-state index is 0.200. The molecule has 14 heavy (non-hydrogen) atoms. The van der Waals surface area contributed by atoms with Crippen LogP contribution >= 0.6 is 0 Å². The molecule has 2 heteroatoms. The summed E-state index contributed by atoms with van der Waals surface area (Å²) >= 11 is 0. The third-order valence-corrected chi connectivity index (χ3v) is 3.25. The lowest BCUT2D eigenvalue weighted by Crippen LogP contribution is -2.10. The van der Waals surface area contributed by atoms with Crippen molar-refractivity contribution in [3.05, 3.63) is 24.2 Å². The number of hydrogen-bond donors (Lipinski definition) is 0. The fourth-order valence-electron chi connectivity index (χ4n) is 2.30. The fourth-order valence-corrected chi connectivity index (χ4v) is 2.30. The van der Waals surface area contributed by atoms with Crippen LogP contribution in [0.1, 0.15) is 43.2 Å². The van der Waals surface area contributed by atoms with Gasteiger partial charge in [0.05, 0.1) is 6.26 Å². The maximum atomic E-state index is 11.9. The Labute approximate surface area is 84.3 Å². The average molecular weight is 192 g/mol. The van der Waals surface area contributed by atoms with E-state index in [0.29, 0.717) is 5.76 Å². The van der Waals surface area contributed by atoms with Crippen LogP contribution in [0, 0.1) is 11.8 Å². The van der Waals surface area contributed by atoms with Gasteiger partial charge in [-0.15, -0.1) is 0 Å². The molecule has 0 N–H and O–H groups in total. The van der Waals surface area contributed by atoms with Crippen LogP contribution in [0.4, 0.5) is 0 Å². The standard InChI is InChI=1S/C12H16O2/c1-2-9-5-6-10(8-9)12(13)11-4-3-7-14-11/h3-4,7,9-10H,2,5-6,8H2,1H3. The minimum absolute atomic E-state index is 0.200. The van der Waals surface area contributed by atoms with Crippen LogP contribution < -0.4 is 0 Å². The Hall–Kier alpha value is -1.05. The van der Waals surface area contributed by atoms with Crippen molar-refractivity contribution in [3.63, 3.8) is 0 Å². The normalized spacial score (nSPS) is 26.6. The fraction of sp³-hybridized carbons (Fsp3) is 0.583. The molecule has 1 saturated carbocycles. The van der Waals surface area contributed by atoms with Gasteiger partial charge < -0.3 is 4.42 Å². The van der Waals surface area contributed by atoms with Gasteiger partial charge in [-0.2, -0.15) is 0 Å². The number of ketones is 1. The molecular formula is C12H16O2. The third-order valence-electron chi connectivity index (χ3n) is 3.25. The monoisotopic (exact) mass is 192 g/mol. The van der Waals surface area contributed by atoms with Crippen LogP contribution in [0.3, 0.4) is 0 Å². The van der Waals surface area contributed by atoms with Crippen molar-refractivity contribution in [2.75, 3.05) is 0 Å². The molecule has 1 fully saturated rings. The van der Waals surface area contributed by atoms with Crippen LogP contribution in [0.5, 0.6) is 0 Å². The molecule has 0 aliphatic heterocycles. The highest BCUT2D eigenvalue weighted by Crippen LogP contribution is 2.34. The third kappa shape index (κ3) is 1.74. The Bertz CT molecular complexity index is 300. The van der Waals surface area contributed by atoms with E-state index in [9.17, 15) is 4.79 Å². The van der Waals surface area contributed by atoms with Gasteiger partial charge in [0.25, 0.3) is 0 Å². The molecule has 76 valence electrons. The maximum absolute atomic E-state index is 11.9. The van der Waals surface area contributed by atoms with Crippen LogP contribution in [0.15, 0.2) is 22.8 Å². The lowest BCUT2D eigenvalue weighted by Gasteiger charge is -2.06. The molecule has 1 heterocycles. The lowest BCUT2D eigenvalue weighted by atomic mass is 9.98. The predicted octanol–water partition coefficient (Wildman–Crippen LogP) is 3.29. The SMILES string of the molecule is CCC1CCC(C(=O)c2ccco2)C1. The van der Waals surface area contributed by atoms with E-state index in [2.05, 4.69) is 6.92 Å². The lowest BCUT2D eigenvalue weighted by molar-refractivity contribution is 0.0891. The zero-order valence-electron chi connectivity index (χ0n) is 8.53. The largest absolute Gasteiger partial charge is 0.461 e. The summed E-state index contributed by atoms with van der Waals surface area (Å²) in [5.74, 6) is 1.70. The van der Waals surface area contributed by atoms with E-state index in [1.807, 2.05) is 0 Å². The van der Waals surface area contributed by atoms with Gasteiger partial charge in [0, 0.05) is 5.92 Å².